The molecule has 0 aliphatic carbocycles. The molecule has 1 aromatic rings. The highest BCUT2D eigenvalue weighted by Crippen LogP contribution is 2.18. The van der Waals surface area contributed by atoms with E-state index in [9.17, 15) is 9.59 Å². The topological polar surface area (TPSA) is 69.6 Å². The van der Waals surface area contributed by atoms with Crippen molar-refractivity contribution in [2.45, 2.75) is 45.2 Å². The molecule has 1 aliphatic rings. The Kier molecular flexibility index (Phi) is 4.83. The van der Waals surface area contributed by atoms with E-state index in [0.29, 0.717) is 25.4 Å². The summed E-state index contributed by atoms with van der Waals surface area (Å²) >= 11 is 0. The number of benzene rings is 1. The van der Waals surface area contributed by atoms with E-state index in [2.05, 4.69) is 31.3 Å². The summed E-state index contributed by atoms with van der Waals surface area (Å²) in [6.07, 6.45) is 1.28. The van der Waals surface area contributed by atoms with Crippen LogP contribution in [0.15, 0.2) is 24.3 Å². The summed E-state index contributed by atoms with van der Waals surface area (Å²) in [5.41, 5.74) is 2.27. The van der Waals surface area contributed by atoms with E-state index < -0.39 is 12.0 Å². The maximum absolute atomic E-state index is 12.1. The quantitative estimate of drug-likeness (QED) is 0.895. The summed E-state index contributed by atoms with van der Waals surface area (Å²) in [6, 6.07) is 7.12. The summed E-state index contributed by atoms with van der Waals surface area (Å²) in [4.78, 5) is 24.5. The zero-order valence-electron chi connectivity index (χ0n) is 12.5. The molecule has 2 amide bonds. The molecule has 1 atom stereocenters. The molecule has 114 valence electrons. The molecule has 21 heavy (non-hydrogen) atoms. The van der Waals surface area contributed by atoms with Gasteiger partial charge in [0.15, 0.2) is 0 Å². The first kappa shape index (κ1) is 15.4. The lowest BCUT2D eigenvalue weighted by Gasteiger charge is -2.21. The molecule has 0 unspecified atom stereocenters. The molecular formula is C16H22N2O3. The lowest BCUT2D eigenvalue weighted by molar-refractivity contribution is -0.141. The fourth-order valence-corrected chi connectivity index (χ4v) is 2.57. The first-order valence-electron chi connectivity index (χ1n) is 7.35. The van der Waals surface area contributed by atoms with Crippen LogP contribution in [0, 0.1) is 0 Å². The van der Waals surface area contributed by atoms with Crippen LogP contribution in [-0.4, -0.2) is 34.6 Å². The minimum absolute atomic E-state index is 0.298. The number of carboxylic acid groups (broad SMARTS) is 1. The zero-order valence-corrected chi connectivity index (χ0v) is 12.5. The Morgan fingerprint density at radius 3 is 2.57 bits per heavy atom. The van der Waals surface area contributed by atoms with Crippen LogP contribution in [0.2, 0.25) is 0 Å². The molecule has 1 heterocycles. The van der Waals surface area contributed by atoms with Gasteiger partial charge in [0.2, 0.25) is 0 Å². The van der Waals surface area contributed by atoms with Crippen molar-refractivity contribution in [3.63, 3.8) is 0 Å². The number of hydrogen-bond acceptors (Lipinski definition) is 2. The van der Waals surface area contributed by atoms with Crippen molar-refractivity contribution in [3.8, 4) is 0 Å². The second-order valence-corrected chi connectivity index (χ2v) is 5.74. The average molecular weight is 290 g/mol. The molecule has 0 aromatic heterocycles. The summed E-state index contributed by atoms with van der Waals surface area (Å²) in [5, 5.41) is 11.9. The number of nitrogens with one attached hydrogen (secondary N) is 1. The summed E-state index contributed by atoms with van der Waals surface area (Å²) in [6.45, 7) is 5.20. The number of likely N-dealkylation sites (tertiary alicyclic amines) is 1. The van der Waals surface area contributed by atoms with Crippen molar-refractivity contribution in [2.24, 2.45) is 0 Å². The van der Waals surface area contributed by atoms with Crippen LogP contribution >= 0.6 is 0 Å². The van der Waals surface area contributed by atoms with Crippen LogP contribution in [0.25, 0.3) is 0 Å². The molecular weight excluding hydrogens is 268 g/mol. The van der Waals surface area contributed by atoms with Crippen molar-refractivity contribution < 1.29 is 14.7 Å². The third-order valence-electron chi connectivity index (χ3n) is 3.89. The molecule has 0 spiro atoms. The van der Waals surface area contributed by atoms with Crippen molar-refractivity contribution in [3.05, 3.63) is 35.4 Å². The summed E-state index contributed by atoms with van der Waals surface area (Å²) in [7, 11) is 0. The molecule has 2 rings (SSSR count). The molecule has 0 saturated carbocycles. The Balaban J connectivity index is 1.90. The molecule has 0 bridgehead atoms. The highest BCUT2D eigenvalue weighted by molar-refractivity contribution is 5.83. The van der Waals surface area contributed by atoms with Gasteiger partial charge in [-0.2, -0.15) is 0 Å². The van der Waals surface area contributed by atoms with Gasteiger partial charge in [0, 0.05) is 13.1 Å². The van der Waals surface area contributed by atoms with Crippen molar-refractivity contribution in [1.29, 1.82) is 0 Å². The van der Waals surface area contributed by atoms with E-state index in [1.54, 1.807) is 0 Å². The van der Waals surface area contributed by atoms with E-state index in [1.165, 1.54) is 10.5 Å². The van der Waals surface area contributed by atoms with Crippen LogP contribution in [-0.2, 0) is 11.3 Å². The Bertz CT molecular complexity index is 511. The minimum Gasteiger partial charge on any atom is -0.480 e. The van der Waals surface area contributed by atoms with Crippen LogP contribution in [0.4, 0.5) is 4.79 Å². The molecule has 1 aliphatic heterocycles. The Labute approximate surface area is 125 Å². The van der Waals surface area contributed by atoms with Gasteiger partial charge in [-0.05, 0) is 29.9 Å². The van der Waals surface area contributed by atoms with Crippen molar-refractivity contribution >= 4 is 12.0 Å². The normalized spacial score (nSPS) is 18.0. The number of urea groups is 1. The molecule has 1 saturated heterocycles. The monoisotopic (exact) mass is 290 g/mol. The first-order valence-corrected chi connectivity index (χ1v) is 7.35. The second-order valence-electron chi connectivity index (χ2n) is 5.74. The number of rotatable bonds is 4. The summed E-state index contributed by atoms with van der Waals surface area (Å²) < 4.78 is 0. The van der Waals surface area contributed by atoms with Gasteiger partial charge >= 0.3 is 12.0 Å². The predicted molar refractivity (Wildman–Crippen MR) is 80.1 cm³/mol. The SMILES string of the molecule is CC(C)c1ccc(CNC(=O)N2CCC[C@H]2C(=O)O)cc1. The van der Waals surface area contributed by atoms with Gasteiger partial charge in [0.25, 0.3) is 0 Å². The highest BCUT2D eigenvalue weighted by Gasteiger charge is 2.33. The standard InChI is InChI=1S/C16H22N2O3/c1-11(2)13-7-5-12(6-8-13)10-17-16(21)18-9-3-4-14(18)15(19)20/h5-8,11,14H,3-4,9-10H2,1-2H3,(H,17,21)(H,19,20)/t14-/m0/s1. The van der Waals surface area contributed by atoms with Gasteiger partial charge in [-0.1, -0.05) is 38.1 Å². The fraction of sp³-hybridized carbons (Fsp3) is 0.500. The number of carbonyl (C=O) groups is 2. The van der Waals surface area contributed by atoms with Gasteiger partial charge in [-0.3, -0.25) is 0 Å². The first-order chi connectivity index (χ1) is 9.99. The van der Waals surface area contributed by atoms with E-state index in [0.717, 1.165) is 12.0 Å². The summed E-state index contributed by atoms with van der Waals surface area (Å²) in [5.74, 6) is -0.446. The van der Waals surface area contributed by atoms with Crippen molar-refractivity contribution in [2.75, 3.05) is 6.54 Å². The van der Waals surface area contributed by atoms with E-state index in [4.69, 9.17) is 5.11 Å². The molecule has 5 heteroatoms. The Hall–Kier alpha value is -2.04. The maximum Gasteiger partial charge on any atom is 0.326 e. The van der Waals surface area contributed by atoms with Crippen LogP contribution < -0.4 is 5.32 Å². The zero-order chi connectivity index (χ0) is 15.4. The van der Waals surface area contributed by atoms with Gasteiger partial charge < -0.3 is 15.3 Å². The number of amides is 2. The van der Waals surface area contributed by atoms with E-state index in [-0.39, 0.29) is 6.03 Å². The number of hydrogen-bond donors (Lipinski definition) is 2. The molecule has 0 radical (unpaired) electrons. The van der Waals surface area contributed by atoms with Crippen LogP contribution in [0.3, 0.4) is 0 Å². The van der Waals surface area contributed by atoms with E-state index in [1.807, 2.05) is 12.1 Å². The molecule has 1 fully saturated rings. The lowest BCUT2D eigenvalue weighted by atomic mass is 10.0. The number of carboxylic acids is 1. The number of carbonyl (C=O) groups excluding carboxylic acids is 1. The van der Waals surface area contributed by atoms with Gasteiger partial charge in [0.1, 0.15) is 6.04 Å². The van der Waals surface area contributed by atoms with Gasteiger partial charge in [-0.15, -0.1) is 0 Å². The van der Waals surface area contributed by atoms with Crippen molar-refractivity contribution in [1.82, 2.24) is 10.2 Å². The van der Waals surface area contributed by atoms with Gasteiger partial charge in [-0.25, -0.2) is 9.59 Å². The Morgan fingerprint density at radius 1 is 1.33 bits per heavy atom. The molecule has 2 N–H and O–H groups in total. The Morgan fingerprint density at radius 2 is 2.00 bits per heavy atom. The minimum atomic E-state index is -0.927. The number of nitrogens with zero attached hydrogens (tertiary/aromatic N) is 1. The molecule has 1 aromatic carbocycles. The van der Waals surface area contributed by atoms with E-state index >= 15 is 0 Å². The highest BCUT2D eigenvalue weighted by atomic mass is 16.4. The smallest absolute Gasteiger partial charge is 0.326 e. The predicted octanol–water partition coefficient (Wildman–Crippen LogP) is 2.57. The fourth-order valence-electron chi connectivity index (χ4n) is 2.57. The number of aliphatic carboxylic acids is 1. The second kappa shape index (κ2) is 6.61. The van der Waals surface area contributed by atoms with Gasteiger partial charge in [0.05, 0.1) is 0 Å². The third kappa shape index (κ3) is 3.74. The largest absolute Gasteiger partial charge is 0.480 e. The molecule has 5 nitrogen and oxygen atoms in total. The lowest BCUT2D eigenvalue weighted by Crippen LogP contribution is -2.45. The van der Waals surface area contributed by atoms with Crippen LogP contribution in [0.5, 0.6) is 0 Å². The maximum atomic E-state index is 12.1. The average Bonchev–Trinajstić information content (AvgIpc) is 2.95. The third-order valence-corrected chi connectivity index (χ3v) is 3.89. The van der Waals surface area contributed by atoms with Crippen LogP contribution in [0.1, 0.15) is 43.7 Å².